The molecule has 1 aliphatic heterocycles. The fourth-order valence-electron chi connectivity index (χ4n) is 1.75. The minimum Gasteiger partial charge on any atom is -0.408 e. The molecule has 0 bridgehead atoms. The first-order valence-corrected chi connectivity index (χ1v) is 7.21. The number of hydrogen-bond donors (Lipinski definition) is 1. The highest BCUT2D eigenvalue weighted by molar-refractivity contribution is 7.89. The predicted octanol–water partition coefficient (Wildman–Crippen LogP) is 0.216. The number of aryl methyl sites for hydroxylation is 1. The summed E-state index contributed by atoms with van der Waals surface area (Å²) >= 11 is 0. The lowest BCUT2D eigenvalue weighted by Gasteiger charge is -2.14. The van der Waals surface area contributed by atoms with Gasteiger partial charge in [-0.3, -0.25) is 0 Å². The second-order valence-electron chi connectivity index (χ2n) is 3.98. The van der Waals surface area contributed by atoms with E-state index in [1.165, 1.54) is 4.31 Å². The Kier molecular flexibility index (Phi) is 3.63. The minimum atomic E-state index is -3.14. The lowest BCUT2D eigenvalue weighted by molar-refractivity contribution is 0.477. The fourth-order valence-corrected chi connectivity index (χ4v) is 3.18. The van der Waals surface area contributed by atoms with Crippen LogP contribution in [-0.2, 0) is 10.0 Å². The van der Waals surface area contributed by atoms with Crippen molar-refractivity contribution in [3.63, 3.8) is 0 Å². The zero-order valence-corrected chi connectivity index (χ0v) is 10.5. The lowest BCUT2D eigenvalue weighted by atomic mass is 10.4. The second kappa shape index (κ2) is 5.01. The van der Waals surface area contributed by atoms with Crippen molar-refractivity contribution >= 4 is 16.0 Å². The number of nitrogens with one attached hydrogen (secondary N) is 1. The average Bonchev–Trinajstić information content (AvgIpc) is 2.89. The molecule has 1 aliphatic rings. The number of anilines is 1. The third kappa shape index (κ3) is 3.16. The molecule has 8 heteroatoms. The molecule has 1 aromatic heterocycles. The molecule has 1 aromatic rings. The summed E-state index contributed by atoms with van der Waals surface area (Å²) < 4.78 is 30.3. The molecule has 0 aromatic carbocycles. The van der Waals surface area contributed by atoms with Crippen molar-refractivity contribution in [3.05, 3.63) is 5.89 Å². The van der Waals surface area contributed by atoms with Crippen molar-refractivity contribution in [1.29, 1.82) is 0 Å². The molecule has 2 heterocycles. The van der Waals surface area contributed by atoms with E-state index in [1.54, 1.807) is 6.92 Å². The molecule has 1 fully saturated rings. The minimum absolute atomic E-state index is 0.0500. The highest BCUT2D eigenvalue weighted by atomic mass is 32.2. The van der Waals surface area contributed by atoms with Crippen LogP contribution in [-0.4, -0.2) is 48.3 Å². The van der Waals surface area contributed by atoms with E-state index < -0.39 is 10.0 Å². The Morgan fingerprint density at radius 3 is 2.65 bits per heavy atom. The molecule has 96 valence electrons. The largest absolute Gasteiger partial charge is 0.408 e. The summed E-state index contributed by atoms with van der Waals surface area (Å²) in [7, 11) is -3.14. The van der Waals surface area contributed by atoms with Crippen LogP contribution in [0.3, 0.4) is 0 Å². The van der Waals surface area contributed by atoms with Crippen molar-refractivity contribution in [1.82, 2.24) is 14.5 Å². The second-order valence-corrected chi connectivity index (χ2v) is 6.06. The molecule has 0 aliphatic carbocycles. The smallest absolute Gasteiger partial charge is 0.315 e. The number of aromatic nitrogens is 2. The van der Waals surface area contributed by atoms with Crippen LogP contribution in [0.2, 0.25) is 0 Å². The van der Waals surface area contributed by atoms with Gasteiger partial charge in [0.2, 0.25) is 15.9 Å². The van der Waals surface area contributed by atoms with Crippen LogP contribution in [0.5, 0.6) is 0 Å². The van der Waals surface area contributed by atoms with Gasteiger partial charge in [0.15, 0.2) is 0 Å². The summed E-state index contributed by atoms with van der Waals surface area (Å²) in [4.78, 5) is 0. The Morgan fingerprint density at radius 2 is 2.06 bits per heavy atom. The first-order chi connectivity index (χ1) is 8.08. The van der Waals surface area contributed by atoms with E-state index in [9.17, 15) is 8.42 Å². The van der Waals surface area contributed by atoms with Gasteiger partial charge in [-0.05, 0) is 12.8 Å². The maximum absolute atomic E-state index is 11.8. The quantitative estimate of drug-likeness (QED) is 0.814. The Bertz CT molecular complexity index is 464. The van der Waals surface area contributed by atoms with E-state index in [4.69, 9.17) is 4.42 Å². The van der Waals surface area contributed by atoms with Gasteiger partial charge in [0.1, 0.15) is 0 Å². The number of nitrogens with zero attached hydrogens (tertiary/aromatic N) is 3. The molecular formula is C9H16N4O3S. The first-order valence-electron chi connectivity index (χ1n) is 5.60. The van der Waals surface area contributed by atoms with Gasteiger partial charge < -0.3 is 9.73 Å². The van der Waals surface area contributed by atoms with E-state index in [0.717, 1.165) is 12.8 Å². The van der Waals surface area contributed by atoms with Crippen molar-refractivity contribution in [3.8, 4) is 0 Å². The van der Waals surface area contributed by atoms with Crippen molar-refractivity contribution in [2.75, 3.05) is 30.7 Å². The number of rotatable bonds is 5. The van der Waals surface area contributed by atoms with E-state index in [1.807, 2.05) is 0 Å². The molecule has 17 heavy (non-hydrogen) atoms. The molecule has 0 amide bonds. The molecule has 0 spiro atoms. The number of hydrogen-bond acceptors (Lipinski definition) is 6. The SMILES string of the molecule is Cc1nnc(NCCS(=O)(=O)N2CCCC2)o1. The van der Waals surface area contributed by atoms with Crippen LogP contribution in [0.4, 0.5) is 6.01 Å². The van der Waals surface area contributed by atoms with Crippen LogP contribution >= 0.6 is 0 Å². The molecule has 2 rings (SSSR count). The van der Waals surface area contributed by atoms with Gasteiger partial charge in [0.05, 0.1) is 5.75 Å². The van der Waals surface area contributed by atoms with Crippen LogP contribution < -0.4 is 5.32 Å². The van der Waals surface area contributed by atoms with Gasteiger partial charge >= 0.3 is 6.01 Å². The Hall–Kier alpha value is -1.15. The highest BCUT2D eigenvalue weighted by Gasteiger charge is 2.24. The van der Waals surface area contributed by atoms with Gasteiger partial charge in [0.25, 0.3) is 0 Å². The standard InChI is InChI=1S/C9H16N4O3S/c1-8-11-12-9(16-8)10-4-7-17(14,15)13-5-2-3-6-13/h2-7H2,1H3,(H,10,12). The maximum Gasteiger partial charge on any atom is 0.315 e. The summed E-state index contributed by atoms with van der Waals surface area (Å²) in [6.07, 6.45) is 1.91. The van der Waals surface area contributed by atoms with E-state index >= 15 is 0 Å². The van der Waals surface area contributed by atoms with Crippen LogP contribution in [0.15, 0.2) is 4.42 Å². The van der Waals surface area contributed by atoms with Crippen molar-refractivity contribution in [2.24, 2.45) is 0 Å². The molecule has 1 saturated heterocycles. The third-order valence-electron chi connectivity index (χ3n) is 2.62. The molecular weight excluding hydrogens is 244 g/mol. The predicted molar refractivity (Wildman–Crippen MR) is 62.1 cm³/mol. The van der Waals surface area contributed by atoms with Gasteiger partial charge in [0, 0.05) is 26.6 Å². The summed E-state index contributed by atoms with van der Waals surface area (Å²) in [6, 6.07) is 0.263. The first kappa shape index (κ1) is 12.3. The van der Waals surface area contributed by atoms with Crippen LogP contribution in [0.25, 0.3) is 0 Å². The topological polar surface area (TPSA) is 88.3 Å². The Morgan fingerprint density at radius 1 is 1.35 bits per heavy atom. The summed E-state index contributed by atoms with van der Waals surface area (Å²) in [5.74, 6) is 0.504. The molecule has 0 radical (unpaired) electrons. The van der Waals surface area contributed by atoms with Crippen LogP contribution in [0, 0.1) is 6.92 Å². The fraction of sp³-hybridized carbons (Fsp3) is 0.778. The number of sulfonamides is 1. The summed E-state index contributed by atoms with van der Waals surface area (Å²) in [6.45, 7) is 3.24. The zero-order valence-electron chi connectivity index (χ0n) is 9.72. The van der Waals surface area contributed by atoms with Gasteiger partial charge in [-0.25, -0.2) is 12.7 Å². The highest BCUT2D eigenvalue weighted by Crippen LogP contribution is 2.13. The Labute approximate surface area is 100 Å². The van der Waals surface area contributed by atoms with Gasteiger partial charge in [-0.1, -0.05) is 5.10 Å². The van der Waals surface area contributed by atoms with Crippen LogP contribution in [0.1, 0.15) is 18.7 Å². The van der Waals surface area contributed by atoms with E-state index in [2.05, 4.69) is 15.5 Å². The molecule has 0 saturated carbocycles. The molecule has 7 nitrogen and oxygen atoms in total. The molecule has 0 unspecified atom stereocenters. The van der Waals surface area contributed by atoms with Gasteiger partial charge in [-0.15, -0.1) is 5.10 Å². The molecule has 0 atom stereocenters. The summed E-state index contributed by atoms with van der Waals surface area (Å²) in [5.41, 5.74) is 0. The van der Waals surface area contributed by atoms with Crippen molar-refractivity contribution in [2.45, 2.75) is 19.8 Å². The zero-order chi connectivity index (χ0) is 12.3. The molecule has 1 N–H and O–H groups in total. The Balaban J connectivity index is 1.81. The lowest BCUT2D eigenvalue weighted by Crippen LogP contribution is -2.32. The average molecular weight is 260 g/mol. The van der Waals surface area contributed by atoms with Crippen molar-refractivity contribution < 1.29 is 12.8 Å². The van der Waals surface area contributed by atoms with E-state index in [0.29, 0.717) is 19.0 Å². The maximum atomic E-state index is 11.8. The summed E-state index contributed by atoms with van der Waals surface area (Å²) in [5, 5.41) is 10.2. The van der Waals surface area contributed by atoms with E-state index in [-0.39, 0.29) is 18.3 Å². The third-order valence-corrected chi connectivity index (χ3v) is 4.49. The van der Waals surface area contributed by atoms with Gasteiger partial charge in [-0.2, -0.15) is 0 Å². The normalized spacial score (nSPS) is 17.5. The monoisotopic (exact) mass is 260 g/mol.